The molecule has 1 amide bonds. The van der Waals surface area contributed by atoms with Crippen LogP contribution < -0.4 is 15.9 Å². The Morgan fingerprint density at radius 2 is 1.97 bits per heavy atom. The number of nitrogens with one attached hydrogen (secondary N) is 1. The largest absolute Gasteiger partial charge is 0.494 e. The van der Waals surface area contributed by atoms with Gasteiger partial charge in [0.25, 0.3) is 5.91 Å². The molecular weight excluding hydrogens is 431 g/mol. The third kappa shape index (κ3) is 4.84. The fourth-order valence-electron chi connectivity index (χ4n) is 2.88. The molecule has 2 aromatic heterocycles. The second-order valence-corrected chi connectivity index (χ2v) is 6.80. The number of rotatable bonds is 8. The van der Waals surface area contributed by atoms with E-state index in [0.717, 1.165) is 6.42 Å². The number of hydrogen-bond acceptors (Lipinski definition) is 9. The Hall–Kier alpha value is -4.61. The van der Waals surface area contributed by atoms with Crippen LogP contribution in [0.5, 0.6) is 5.75 Å². The number of carbonyl (C=O) groups is 1. The van der Waals surface area contributed by atoms with E-state index in [1.807, 2.05) is 6.92 Å². The van der Waals surface area contributed by atoms with Crippen molar-refractivity contribution in [2.75, 3.05) is 12.3 Å². The van der Waals surface area contributed by atoms with Gasteiger partial charge in [-0.3, -0.25) is 4.79 Å². The van der Waals surface area contributed by atoms with Crippen LogP contribution in [0.3, 0.4) is 0 Å². The molecule has 3 N–H and O–H groups in total. The first-order chi connectivity index (χ1) is 16.1. The molecule has 0 fully saturated rings. The lowest BCUT2D eigenvalue weighted by molar-refractivity contribution is 0.0950. The Morgan fingerprint density at radius 3 is 2.64 bits per heavy atom. The van der Waals surface area contributed by atoms with Gasteiger partial charge in [-0.2, -0.15) is 9.78 Å². The highest BCUT2D eigenvalue weighted by atomic mass is 19.1. The Bertz CT molecular complexity index is 1270. The summed E-state index contributed by atoms with van der Waals surface area (Å²) in [6, 6.07) is 12.7. The zero-order valence-corrected chi connectivity index (χ0v) is 17.5. The van der Waals surface area contributed by atoms with Crippen molar-refractivity contribution in [3.8, 4) is 22.8 Å². The predicted molar refractivity (Wildman–Crippen MR) is 116 cm³/mol. The SMILES string of the molecule is CCCOc1ccc(-c2c(C(=O)N/N=C\c3ccc(F)cc3)nnn2-c2nonc2N)cc1. The number of anilines is 1. The van der Waals surface area contributed by atoms with Gasteiger partial charge in [0.05, 0.1) is 12.8 Å². The molecule has 0 aliphatic carbocycles. The summed E-state index contributed by atoms with van der Waals surface area (Å²) in [5.74, 6) is -0.263. The van der Waals surface area contributed by atoms with Gasteiger partial charge in [-0.1, -0.05) is 24.3 Å². The topological polar surface area (TPSA) is 146 Å². The van der Waals surface area contributed by atoms with E-state index >= 15 is 0 Å². The Kier molecular flexibility index (Phi) is 6.34. The van der Waals surface area contributed by atoms with Gasteiger partial charge in [-0.25, -0.2) is 14.4 Å². The van der Waals surface area contributed by atoms with Gasteiger partial charge >= 0.3 is 0 Å². The van der Waals surface area contributed by atoms with E-state index < -0.39 is 5.91 Å². The minimum absolute atomic E-state index is 0.0228. The number of ether oxygens (including phenoxy) is 1. The maximum Gasteiger partial charge on any atom is 0.294 e. The lowest BCUT2D eigenvalue weighted by atomic mass is 10.1. The number of nitrogens with zero attached hydrogens (tertiary/aromatic N) is 6. The van der Waals surface area contributed by atoms with Crippen LogP contribution in [-0.4, -0.2) is 44.0 Å². The first kappa shape index (κ1) is 21.6. The van der Waals surface area contributed by atoms with Crippen molar-refractivity contribution >= 4 is 17.9 Å². The van der Waals surface area contributed by atoms with Gasteiger partial charge in [0.15, 0.2) is 5.69 Å². The van der Waals surface area contributed by atoms with Crippen LogP contribution in [0.15, 0.2) is 58.3 Å². The van der Waals surface area contributed by atoms with Gasteiger partial charge in [0.2, 0.25) is 11.6 Å². The van der Waals surface area contributed by atoms with Crippen molar-refractivity contribution in [3.63, 3.8) is 0 Å². The number of carbonyl (C=O) groups excluding carboxylic acids is 1. The van der Waals surface area contributed by atoms with E-state index in [1.54, 1.807) is 24.3 Å². The van der Waals surface area contributed by atoms with E-state index in [-0.39, 0.29) is 23.1 Å². The third-order valence-electron chi connectivity index (χ3n) is 4.43. The second kappa shape index (κ2) is 9.68. The molecule has 0 aliphatic heterocycles. The number of benzene rings is 2. The number of hydrazone groups is 1. The Morgan fingerprint density at radius 1 is 1.21 bits per heavy atom. The third-order valence-corrected chi connectivity index (χ3v) is 4.43. The second-order valence-electron chi connectivity index (χ2n) is 6.80. The van der Waals surface area contributed by atoms with Crippen LogP contribution in [0.25, 0.3) is 17.1 Å². The summed E-state index contributed by atoms with van der Waals surface area (Å²) in [5, 5.41) is 19.2. The summed E-state index contributed by atoms with van der Waals surface area (Å²) in [7, 11) is 0. The van der Waals surface area contributed by atoms with E-state index in [2.05, 4.69) is 35.8 Å². The molecule has 168 valence electrons. The molecule has 2 aromatic carbocycles. The van der Waals surface area contributed by atoms with Gasteiger partial charge in [-0.15, -0.1) is 5.10 Å². The molecule has 12 heteroatoms. The molecule has 2 heterocycles. The average Bonchev–Trinajstić information content (AvgIpc) is 3.45. The number of halogens is 1. The van der Waals surface area contributed by atoms with Crippen molar-refractivity contribution in [2.24, 2.45) is 5.10 Å². The average molecular weight is 450 g/mol. The maximum atomic E-state index is 13.0. The quantitative estimate of drug-likeness (QED) is 0.308. The smallest absolute Gasteiger partial charge is 0.294 e. The minimum atomic E-state index is -0.629. The number of aromatic nitrogens is 5. The summed E-state index contributed by atoms with van der Waals surface area (Å²) in [6.45, 7) is 2.60. The van der Waals surface area contributed by atoms with Crippen molar-refractivity contribution in [1.82, 2.24) is 30.7 Å². The molecule has 0 saturated carbocycles. The zero-order valence-electron chi connectivity index (χ0n) is 17.5. The predicted octanol–water partition coefficient (Wildman–Crippen LogP) is 2.59. The molecular formula is C21H19FN8O3. The molecule has 0 saturated heterocycles. The van der Waals surface area contributed by atoms with Crippen molar-refractivity contribution < 1.29 is 18.6 Å². The highest BCUT2D eigenvalue weighted by molar-refractivity contribution is 5.98. The minimum Gasteiger partial charge on any atom is -0.494 e. The molecule has 0 atom stereocenters. The molecule has 33 heavy (non-hydrogen) atoms. The molecule has 0 unspecified atom stereocenters. The molecule has 4 rings (SSSR count). The highest BCUT2D eigenvalue weighted by Crippen LogP contribution is 2.28. The fraction of sp³-hybridized carbons (Fsp3) is 0.143. The van der Waals surface area contributed by atoms with Gasteiger partial charge in [0.1, 0.15) is 17.3 Å². The van der Waals surface area contributed by atoms with E-state index in [0.29, 0.717) is 29.2 Å². The molecule has 0 bridgehead atoms. The van der Waals surface area contributed by atoms with Gasteiger partial charge < -0.3 is 10.5 Å². The standard InChI is InChI=1S/C21H19FN8O3/c1-2-11-32-16-9-5-14(6-10-16)18-17(25-29-30(18)20-19(23)27-33-28-20)21(31)26-24-12-13-3-7-15(22)8-4-13/h3-10,12H,2,11H2,1H3,(H2,23,27)(H,26,31)/b24-12-. The lowest BCUT2D eigenvalue weighted by Gasteiger charge is -2.08. The number of nitrogen functional groups attached to an aromatic ring is 1. The fourth-order valence-corrected chi connectivity index (χ4v) is 2.88. The molecule has 11 nitrogen and oxygen atoms in total. The van der Waals surface area contributed by atoms with Crippen LogP contribution in [0.4, 0.5) is 10.2 Å². The molecule has 0 spiro atoms. The monoisotopic (exact) mass is 450 g/mol. The van der Waals surface area contributed by atoms with Gasteiger partial charge in [-0.05, 0) is 58.7 Å². The molecule has 0 aliphatic rings. The Balaban J connectivity index is 1.65. The van der Waals surface area contributed by atoms with Crippen molar-refractivity contribution in [1.29, 1.82) is 0 Å². The summed E-state index contributed by atoms with van der Waals surface area (Å²) in [5.41, 5.74) is 9.67. The van der Waals surface area contributed by atoms with Crippen molar-refractivity contribution in [2.45, 2.75) is 13.3 Å². The number of nitrogens with two attached hydrogens (primary N) is 1. The first-order valence-corrected chi connectivity index (χ1v) is 9.93. The normalized spacial score (nSPS) is 11.1. The van der Waals surface area contributed by atoms with Crippen LogP contribution in [0.2, 0.25) is 0 Å². The molecule has 4 aromatic rings. The molecule has 0 radical (unpaired) electrons. The Labute approximate surface area is 187 Å². The number of hydrogen-bond donors (Lipinski definition) is 2. The van der Waals surface area contributed by atoms with Crippen LogP contribution in [-0.2, 0) is 0 Å². The lowest BCUT2D eigenvalue weighted by Crippen LogP contribution is -2.19. The van der Waals surface area contributed by atoms with Crippen molar-refractivity contribution in [3.05, 3.63) is 65.6 Å². The van der Waals surface area contributed by atoms with Gasteiger partial charge in [0, 0.05) is 5.56 Å². The van der Waals surface area contributed by atoms with E-state index in [4.69, 9.17) is 10.5 Å². The van der Waals surface area contributed by atoms with Crippen LogP contribution in [0.1, 0.15) is 29.4 Å². The zero-order chi connectivity index (χ0) is 23.2. The maximum absolute atomic E-state index is 13.0. The highest BCUT2D eigenvalue weighted by Gasteiger charge is 2.25. The van der Waals surface area contributed by atoms with Crippen LogP contribution >= 0.6 is 0 Å². The number of amides is 1. The van der Waals surface area contributed by atoms with Crippen LogP contribution in [0, 0.1) is 5.82 Å². The summed E-state index contributed by atoms with van der Waals surface area (Å²) < 4.78 is 24.6. The summed E-state index contributed by atoms with van der Waals surface area (Å²) >= 11 is 0. The van der Waals surface area contributed by atoms with E-state index in [1.165, 1.54) is 35.2 Å². The van der Waals surface area contributed by atoms with E-state index in [9.17, 15) is 9.18 Å². The summed E-state index contributed by atoms with van der Waals surface area (Å²) in [4.78, 5) is 12.8. The summed E-state index contributed by atoms with van der Waals surface area (Å²) in [6.07, 6.45) is 2.25. The first-order valence-electron chi connectivity index (χ1n) is 9.93.